The quantitative estimate of drug-likeness (QED) is 0.796. The third kappa shape index (κ3) is 1.78. The molecule has 1 atom stereocenters. The van der Waals surface area contributed by atoms with Crippen LogP contribution in [0.1, 0.15) is 24.6 Å². The van der Waals surface area contributed by atoms with Gasteiger partial charge in [0.05, 0.1) is 5.52 Å². The van der Waals surface area contributed by atoms with Gasteiger partial charge in [-0.05, 0) is 30.9 Å². The molecular weight excluding hydrogens is 231 g/mol. The fourth-order valence-corrected chi connectivity index (χ4v) is 2.82. The van der Waals surface area contributed by atoms with E-state index in [9.17, 15) is 9.18 Å². The van der Waals surface area contributed by atoms with Crippen molar-refractivity contribution in [3.05, 3.63) is 35.3 Å². The summed E-state index contributed by atoms with van der Waals surface area (Å²) < 4.78 is 13.7. The largest absolute Gasteiger partial charge is 0.356 e. The summed E-state index contributed by atoms with van der Waals surface area (Å²) in [6.07, 6.45) is 2.54. The van der Waals surface area contributed by atoms with Gasteiger partial charge in [0.15, 0.2) is 0 Å². The van der Waals surface area contributed by atoms with Crippen LogP contribution in [0.2, 0.25) is 0 Å². The summed E-state index contributed by atoms with van der Waals surface area (Å²) in [5, 5.41) is 3.89. The lowest BCUT2D eigenvalue weighted by atomic mass is 9.91. The number of para-hydroxylation sites is 1. The van der Waals surface area contributed by atoms with Gasteiger partial charge in [0.1, 0.15) is 5.82 Å². The maximum Gasteiger partial charge on any atom is 0.217 e. The summed E-state index contributed by atoms with van der Waals surface area (Å²) in [5.74, 6) is -0.215. The Kier molecular flexibility index (Phi) is 2.58. The molecule has 3 rings (SSSR count). The SMILES string of the molecule is CC(=O)NC1CCc2[nH]c3c(F)cccc3c2C1. The highest BCUT2D eigenvalue weighted by Gasteiger charge is 2.23. The van der Waals surface area contributed by atoms with Gasteiger partial charge in [0.25, 0.3) is 0 Å². The van der Waals surface area contributed by atoms with Gasteiger partial charge in [0.2, 0.25) is 5.91 Å². The minimum Gasteiger partial charge on any atom is -0.356 e. The van der Waals surface area contributed by atoms with Gasteiger partial charge >= 0.3 is 0 Å². The van der Waals surface area contributed by atoms with Crippen LogP contribution in [0.15, 0.2) is 18.2 Å². The second kappa shape index (κ2) is 4.12. The van der Waals surface area contributed by atoms with Crippen LogP contribution in [0, 0.1) is 5.82 Å². The van der Waals surface area contributed by atoms with Gasteiger partial charge in [-0.2, -0.15) is 0 Å². The molecule has 2 N–H and O–H groups in total. The number of amides is 1. The Balaban J connectivity index is 2.02. The smallest absolute Gasteiger partial charge is 0.217 e. The van der Waals surface area contributed by atoms with Crippen LogP contribution in [0.4, 0.5) is 4.39 Å². The summed E-state index contributed by atoms with van der Waals surface area (Å²) in [7, 11) is 0. The Morgan fingerprint density at radius 2 is 2.33 bits per heavy atom. The maximum absolute atomic E-state index is 13.7. The average molecular weight is 246 g/mol. The monoisotopic (exact) mass is 246 g/mol. The molecular formula is C14H15FN2O. The zero-order chi connectivity index (χ0) is 12.7. The molecule has 18 heavy (non-hydrogen) atoms. The highest BCUT2D eigenvalue weighted by Crippen LogP contribution is 2.30. The first-order chi connectivity index (χ1) is 8.65. The summed E-state index contributed by atoms with van der Waals surface area (Å²) in [6, 6.07) is 5.30. The van der Waals surface area contributed by atoms with Crippen LogP contribution in [-0.2, 0) is 17.6 Å². The number of benzene rings is 1. The molecule has 1 aromatic carbocycles. The molecule has 0 radical (unpaired) electrons. The predicted molar refractivity (Wildman–Crippen MR) is 67.9 cm³/mol. The van der Waals surface area contributed by atoms with Crippen molar-refractivity contribution >= 4 is 16.8 Å². The number of H-pyrrole nitrogens is 1. The molecule has 1 aliphatic rings. The zero-order valence-corrected chi connectivity index (χ0v) is 10.2. The van der Waals surface area contributed by atoms with E-state index in [2.05, 4.69) is 10.3 Å². The van der Waals surface area contributed by atoms with Crippen molar-refractivity contribution in [2.24, 2.45) is 0 Å². The number of carbonyl (C=O) groups excluding carboxylic acids is 1. The second-order valence-electron chi connectivity index (χ2n) is 4.88. The van der Waals surface area contributed by atoms with Crippen molar-refractivity contribution in [1.82, 2.24) is 10.3 Å². The van der Waals surface area contributed by atoms with E-state index in [1.807, 2.05) is 6.07 Å². The fraction of sp³-hybridized carbons (Fsp3) is 0.357. The number of halogens is 1. The molecule has 0 saturated heterocycles. The fourth-order valence-electron chi connectivity index (χ4n) is 2.82. The Hall–Kier alpha value is -1.84. The van der Waals surface area contributed by atoms with Gasteiger partial charge < -0.3 is 10.3 Å². The van der Waals surface area contributed by atoms with E-state index < -0.39 is 0 Å². The van der Waals surface area contributed by atoms with Gasteiger partial charge in [-0.3, -0.25) is 4.79 Å². The first-order valence-corrected chi connectivity index (χ1v) is 6.20. The Morgan fingerprint density at radius 3 is 3.11 bits per heavy atom. The molecule has 94 valence electrons. The molecule has 0 saturated carbocycles. The van der Waals surface area contributed by atoms with E-state index in [0.29, 0.717) is 5.52 Å². The molecule has 1 amide bonds. The average Bonchev–Trinajstić information content (AvgIpc) is 2.68. The lowest BCUT2D eigenvalue weighted by molar-refractivity contribution is -0.119. The summed E-state index contributed by atoms with van der Waals surface area (Å²) in [4.78, 5) is 14.3. The summed E-state index contributed by atoms with van der Waals surface area (Å²) >= 11 is 0. The van der Waals surface area contributed by atoms with E-state index in [1.54, 1.807) is 6.07 Å². The lowest BCUT2D eigenvalue weighted by Gasteiger charge is -2.22. The Bertz CT molecular complexity index is 618. The van der Waals surface area contributed by atoms with E-state index in [4.69, 9.17) is 0 Å². The van der Waals surface area contributed by atoms with E-state index in [1.165, 1.54) is 13.0 Å². The molecule has 1 heterocycles. The minimum absolute atomic E-state index is 0.00512. The van der Waals surface area contributed by atoms with Crippen LogP contribution in [0.25, 0.3) is 10.9 Å². The van der Waals surface area contributed by atoms with Crippen LogP contribution in [0.3, 0.4) is 0 Å². The normalized spacial score (nSPS) is 18.7. The first kappa shape index (κ1) is 11.3. The number of aryl methyl sites for hydroxylation is 1. The van der Waals surface area contributed by atoms with Crippen LogP contribution in [-0.4, -0.2) is 16.9 Å². The molecule has 2 aromatic rings. The molecule has 0 fully saturated rings. The number of carbonyl (C=O) groups is 1. The number of aromatic amines is 1. The van der Waals surface area contributed by atoms with Crippen molar-refractivity contribution in [3.63, 3.8) is 0 Å². The number of fused-ring (bicyclic) bond motifs is 3. The molecule has 0 aliphatic heterocycles. The molecule has 3 nitrogen and oxygen atoms in total. The molecule has 4 heteroatoms. The molecule has 1 aliphatic carbocycles. The molecule has 0 spiro atoms. The van der Waals surface area contributed by atoms with Crippen LogP contribution in [0.5, 0.6) is 0 Å². The zero-order valence-electron chi connectivity index (χ0n) is 10.2. The van der Waals surface area contributed by atoms with Crippen molar-refractivity contribution in [2.45, 2.75) is 32.2 Å². The molecule has 0 bridgehead atoms. The minimum atomic E-state index is -0.210. The van der Waals surface area contributed by atoms with E-state index in [-0.39, 0.29) is 17.8 Å². The Morgan fingerprint density at radius 1 is 1.50 bits per heavy atom. The van der Waals surface area contributed by atoms with Crippen LogP contribution < -0.4 is 5.32 Å². The number of hydrogen-bond donors (Lipinski definition) is 2. The van der Waals surface area contributed by atoms with Gasteiger partial charge in [-0.25, -0.2) is 4.39 Å². The third-order valence-corrected chi connectivity index (χ3v) is 3.58. The van der Waals surface area contributed by atoms with Gasteiger partial charge in [-0.1, -0.05) is 12.1 Å². The molecule has 1 aromatic heterocycles. The number of hydrogen-bond acceptors (Lipinski definition) is 1. The standard InChI is InChI=1S/C14H15FN2O/c1-8(18)16-9-5-6-13-11(7-9)10-3-2-4-12(15)14(10)17-13/h2-4,9,17H,5-7H2,1H3,(H,16,18). The van der Waals surface area contributed by atoms with Crippen LogP contribution >= 0.6 is 0 Å². The van der Waals surface area contributed by atoms with E-state index >= 15 is 0 Å². The summed E-state index contributed by atoms with van der Waals surface area (Å²) in [6.45, 7) is 1.53. The van der Waals surface area contributed by atoms with E-state index in [0.717, 1.165) is 35.9 Å². The highest BCUT2D eigenvalue weighted by molar-refractivity contribution is 5.85. The number of aromatic nitrogens is 1. The van der Waals surface area contributed by atoms with Crippen molar-refractivity contribution in [2.75, 3.05) is 0 Å². The second-order valence-corrected chi connectivity index (χ2v) is 4.88. The van der Waals surface area contributed by atoms with Crippen molar-refractivity contribution < 1.29 is 9.18 Å². The van der Waals surface area contributed by atoms with Crippen molar-refractivity contribution in [1.29, 1.82) is 0 Å². The van der Waals surface area contributed by atoms with Gasteiger partial charge in [0, 0.05) is 24.0 Å². The highest BCUT2D eigenvalue weighted by atomic mass is 19.1. The maximum atomic E-state index is 13.7. The van der Waals surface area contributed by atoms with Crippen molar-refractivity contribution in [3.8, 4) is 0 Å². The number of nitrogens with one attached hydrogen (secondary N) is 2. The third-order valence-electron chi connectivity index (χ3n) is 3.58. The Labute approximate surface area is 104 Å². The molecule has 1 unspecified atom stereocenters. The topological polar surface area (TPSA) is 44.9 Å². The lowest BCUT2D eigenvalue weighted by Crippen LogP contribution is -2.37. The van der Waals surface area contributed by atoms with Gasteiger partial charge in [-0.15, -0.1) is 0 Å². The predicted octanol–water partition coefficient (Wildman–Crippen LogP) is 2.30. The summed E-state index contributed by atoms with van der Waals surface area (Å²) in [5.41, 5.74) is 2.84. The number of rotatable bonds is 1. The first-order valence-electron chi connectivity index (χ1n) is 6.20.